The Balaban J connectivity index is 1.56. The Morgan fingerprint density at radius 3 is 2.10 bits per heavy atom. The Morgan fingerprint density at radius 2 is 1.48 bits per heavy atom. The quantitative estimate of drug-likeness (QED) is 0.158. The molecule has 48 heavy (non-hydrogen) atoms. The first kappa shape index (κ1) is 35.3. The molecule has 0 aliphatic heterocycles. The minimum atomic E-state index is -4.23. The fourth-order valence-corrected chi connectivity index (χ4v) is 7.67. The largest absolute Gasteiger partial charge is 0.497 e. The molecule has 4 aromatic carbocycles. The molecular formula is C37H39Cl2N3O5S. The third-order valence-corrected chi connectivity index (χ3v) is 11.1. The van der Waals surface area contributed by atoms with E-state index in [0.29, 0.717) is 27.0 Å². The van der Waals surface area contributed by atoms with E-state index in [-0.39, 0.29) is 29.8 Å². The summed E-state index contributed by atoms with van der Waals surface area (Å²) in [6.45, 7) is -0.557. The second kappa shape index (κ2) is 16.4. The first-order chi connectivity index (χ1) is 23.2. The number of rotatable bonds is 13. The van der Waals surface area contributed by atoms with Crippen LogP contribution in [-0.4, -0.2) is 50.9 Å². The Bertz CT molecular complexity index is 1790. The third-order valence-electron chi connectivity index (χ3n) is 8.53. The predicted molar refractivity (Wildman–Crippen MR) is 190 cm³/mol. The first-order valence-corrected chi connectivity index (χ1v) is 18.1. The molecule has 4 aromatic rings. The molecule has 1 fully saturated rings. The van der Waals surface area contributed by atoms with Crippen LogP contribution in [0.5, 0.6) is 5.75 Å². The zero-order chi connectivity index (χ0) is 34.1. The van der Waals surface area contributed by atoms with Gasteiger partial charge in [0.05, 0.1) is 27.7 Å². The number of sulfonamides is 1. The molecule has 1 aliphatic carbocycles. The Labute approximate surface area is 292 Å². The lowest BCUT2D eigenvalue weighted by Crippen LogP contribution is -2.55. The van der Waals surface area contributed by atoms with Crippen LogP contribution in [0.4, 0.5) is 5.69 Å². The predicted octanol–water partition coefficient (Wildman–Crippen LogP) is 7.29. The Hall–Kier alpha value is -4.05. The minimum absolute atomic E-state index is 0.00252. The van der Waals surface area contributed by atoms with Crippen molar-refractivity contribution in [2.45, 2.75) is 62.0 Å². The number of nitrogens with one attached hydrogen (secondary N) is 1. The second-order valence-electron chi connectivity index (χ2n) is 11.8. The minimum Gasteiger partial charge on any atom is -0.497 e. The third kappa shape index (κ3) is 8.89. The van der Waals surface area contributed by atoms with Gasteiger partial charge < -0.3 is 15.0 Å². The number of carbonyl (C=O) groups is 2. The van der Waals surface area contributed by atoms with Crippen molar-refractivity contribution in [1.82, 2.24) is 10.2 Å². The van der Waals surface area contributed by atoms with Gasteiger partial charge in [0.15, 0.2) is 0 Å². The Kier molecular flexibility index (Phi) is 12.0. The van der Waals surface area contributed by atoms with E-state index in [9.17, 15) is 18.0 Å². The van der Waals surface area contributed by atoms with Crippen LogP contribution in [0.15, 0.2) is 108 Å². The van der Waals surface area contributed by atoms with E-state index in [4.69, 9.17) is 27.9 Å². The average Bonchev–Trinajstić information content (AvgIpc) is 3.11. The van der Waals surface area contributed by atoms with Gasteiger partial charge in [0, 0.05) is 19.0 Å². The average molecular weight is 709 g/mol. The molecule has 1 aliphatic rings. The number of benzene rings is 4. The lowest BCUT2D eigenvalue weighted by Gasteiger charge is -2.35. The monoisotopic (exact) mass is 707 g/mol. The molecule has 1 atom stereocenters. The molecule has 0 bridgehead atoms. The standard InChI is InChI=1S/C37H39Cl2N3O5S/c1-47-31-18-20-32(21-19-31)48(45,46)42(30-15-9-4-10-16-30)26-36(43)41(25-28-17-22-33(38)34(39)23-28)35(24-27-11-5-2-6-12-27)37(44)40-29-13-7-3-8-14-29/h2,4-6,9-12,15-23,29,35H,3,7-8,13-14,24-26H2,1H3,(H,40,44)/t35-/m0/s1. The zero-order valence-electron chi connectivity index (χ0n) is 26.7. The summed E-state index contributed by atoms with van der Waals surface area (Å²) in [6, 6.07) is 28.0. The SMILES string of the molecule is COc1ccc(S(=O)(=O)N(CC(=O)N(Cc2ccc(Cl)c(Cl)c2)[C@@H](Cc2ccccc2)C(=O)NC2CCCCC2)c2ccccc2)cc1. The summed E-state index contributed by atoms with van der Waals surface area (Å²) in [6.07, 6.45) is 5.13. The highest BCUT2D eigenvalue weighted by Crippen LogP contribution is 2.28. The molecule has 0 radical (unpaired) electrons. The molecule has 5 rings (SSSR count). The number of anilines is 1. The molecule has 1 saturated carbocycles. The van der Waals surface area contributed by atoms with Crippen LogP contribution in [-0.2, 0) is 32.6 Å². The summed E-state index contributed by atoms with van der Waals surface area (Å²) < 4.78 is 34.7. The number of amides is 2. The van der Waals surface area contributed by atoms with Gasteiger partial charge in [-0.05, 0) is 72.5 Å². The normalized spacial score (nSPS) is 14.1. The number of halogens is 2. The number of nitrogens with zero attached hydrogens (tertiary/aromatic N) is 2. The molecule has 0 saturated heterocycles. The highest BCUT2D eigenvalue weighted by molar-refractivity contribution is 7.92. The van der Waals surface area contributed by atoms with E-state index in [1.54, 1.807) is 60.7 Å². The van der Waals surface area contributed by atoms with Crippen LogP contribution in [0, 0.1) is 0 Å². The molecule has 1 N–H and O–H groups in total. The number of ether oxygens (including phenoxy) is 1. The van der Waals surface area contributed by atoms with E-state index in [2.05, 4.69) is 5.32 Å². The van der Waals surface area contributed by atoms with Crippen molar-refractivity contribution in [3.8, 4) is 5.75 Å². The van der Waals surface area contributed by atoms with Crippen LogP contribution in [0.1, 0.15) is 43.2 Å². The maximum Gasteiger partial charge on any atom is 0.264 e. The van der Waals surface area contributed by atoms with Gasteiger partial charge in [-0.15, -0.1) is 0 Å². The second-order valence-corrected chi connectivity index (χ2v) is 14.5. The number of methoxy groups -OCH3 is 1. The molecule has 0 unspecified atom stereocenters. The summed E-state index contributed by atoms with van der Waals surface area (Å²) in [5.74, 6) is -0.345. The van der Waals surface area contributed by atoms with Crippen LogP contribution in [0.3, 0.4) is 0 Å². The summed E-state index contributed by atoms with van der Waals surface area (Å²) in [5.41, 5.74) is 1.81. The number of carbonyl (C=O) groups excluding carboxylic acids is 2. The van der Waals surface area contributed by atoms with E-state index in [1.165, 1.54) is 24.1 Å². The molecule has 2 amide bonds. The van der Waals surface area contributed by atoms with Crippen molar-refractivity contribution in [3.63, 3.8) is 0 Å². The highest BCUT2D eigenvalue weighted by atomic mass is 35.5. The van der Waals surface area contributed by atoms with Crippen molar-refractivity contribution in [1.29, 1.82) is 0 Å². The summed E-state index contributed by atoms with van der Waals surface area (Å²) >= 11 is 12.6. The van der Waals surface area contributed by atoms with Crippen LogP contribution < -0.4 is 14.4 Å². The highest BCUT2D eigenvalue weighted by Gasteiger charge is 2.35. The smallest absolute Gasteiger partial charge is 0.264 e. The number of hydrogen-bond donors (Lipinski definition) is 1. The molecule has 8 nitrogen and oxygen atoms in total. The van der Waals surface area contributed by atoms with Crippen molar-refractivity contribution >= 4 is 50.7 Å². The summed E-state index contributed by atoms with van der Waals surface area (Å²) in [7, 11) is -2.73. The maximum atomic E-state index is 14.7. The van der Waals surface area contributed by atoms with E-state index >= 15 is 0 Å². The Morgan fingerprint density at radius 1 is 0.833 bits per heavy atom. The van der Waals surface area contributed by atoms with Gasteiger partial charge in [0.2, 0.25) is 11.8 Å². The lowest BCUT2D eigenvalue weighted by molar-refractivity contribution is -0.140. The van der Waals surface area contributed by atoms with Crippen LogP contribution in [0.2, 0.25) is 10.0 Å². The van der Waals surface area contributed by atoms with E-state index in [1.807, 2.05) is 30.3 Å². The van der Waals surface area contributed by atoms with Gasteiger partial charge in [-0.1, -0.05) is 97.1 Å². The lowest BCUT2D eigenvalue weighted by atomic mass is 9.94. The van der Waals surface area contributed by atoms with Gasteiger partial charge in [0.25, 0.3) is 10.0 Å². The van der Waals surface area contributed by atoms with E-state index < -0.39 is 28.5 Å². The van der Waals surface area contributed by atoms with Gasteiger partial charge in [-0.2, -0.15) is 0 Å². The summed E-state index contributed by atoms with van der Waals surface area (Å²) in [5, 5.41) is 3.87. The van der Waals surface area contributed by atoms with Crippen molar-refractivity contribution < 1.29 is 22.7 Å². The first-order valence-electron chi connectivity index (χ1n) is 16.0. The topological polar surface area (TPSA) is 96.0 Å². The number of para-hydroxylation sites is 1. The zero-order valence-corrected chi connectivity index (χ0v) is 29.1. The number of hydrogen-bond acceptors (Lipinski definition) is 5. The van der Waals surface area contributed by atoms with Crippen molar-refractivity contribution in [2.75, 3.05) is 18.0 Å². The van der Waals surface area contributed by atoms with Crippen molar-refractivity contribution in [3.05, 3.63) is 124 Å². The van der Waals surface area contributed by atoms with Crippen LogP contribution >= 0.6 is 23.2 Å². The molecule has 11 heteroatoms. The maximum absolute atomic E-state index is 14.7. The molecular weight excluding hydrogens is 669 g/mol. The van der Waals surface area contributed by atoms with Gasteiger partial charge in [-0.25, -0.2) is 8.42 Å². The van der Waals surface area contributed by atoms with Crippen LogP contribution in [0.25, 0.3) is 0 Å². The fraction of sp³-hybridized carbons (Fsp3) is 0.297. The van der Waals surface area contributed by atoms with Crippen molar-refractivity contribution in [2.24, 2.45) is 0 Å². The fourth-order valence-electron chi connectivity index (χ4n) is 5.93. The van der Waals surface area contributed by atoms with E-state index in [0.717, 1.165) is 42.0 Å². The molecule has 252 valence electrons. The molecule has 0 aromatic heterocycles. The van der Waals surface area contributed by atoms with Gasteiger partial charge in [0.1, 0.15) is 18.3 Å². The van der Waals surface area contributed by atoms with Gasteiger partial charge >= 0.3 is 0 Å². The molecule has 0 heterocycles. The summed E-state index contributed by atoms with van der Waals surface area (Å²) in [4.78, 5) is 30.3. The molecule has 0 spiro atoms. The van der Waals surface area contributed by atoms with Gasteiger partial charge in [-0.3, -0.25) is 13.9 Å².